The molecule has 0 aromatic heterocycles. The van der Waals surface area contributed by atoms with Crippen molar-refractivity contribution in [3.8, 4) is 0 Å². The van der Waals surface area contributed by atoms with Crippen LogP contribution < -0.4 is 5.32 Å². The Bertz CT molecular complexity index is 174. The molecule has 0 heterocycles. The summed E-state index contributed by atoms with van der Waals surface area (Å²) in [5.74, 6) is 0.958. The van der Waals surface area contributed by atoms with Gasteiger partial charge in [-0.05, 0) is 44.6 Å². The number of nitrogens with one attached hydrogen (secondary N) is 1. The SMILES string of the molecule is CCCNCC1(OC)CCC(CCC)CC1. The molecule has 2 nitrogen and oxygen atoms in total. The first-order valence-electron chi connectivity index (χ1n) is 7.02. The third-order valence-electron chi connectivity index (χ3n) is 4.02. The zero-order valence-corrected chi connectivity index (χ0v) is 11.3. The van der Waals surface area contributed by atoms with Gasteiger partial charge >= 0.3 is 0 Å². The second-order valence-corrected chi connectivity index (χ2v) is 5.30. The second-order valence-electron chi connectivity index (χ2n) is 5.30. The van der Waals surface area contributed by atoms with Crippen LogP contribution in [0.3, 0.4) is 0 Å². The van der Waals surface area contributed by atoms with Crippen LogP contribution in [0.25, 0.3) is 0 Å². The topological polar surface area (TPSA) is 21.3 Å². The van der Waals surface area contributed by atoms with Gasteiger partial charge in [0.2, 0.25) is 0 Å². The minimum absolute atomic E-state index is 0.138. The summed E-state index contributed by atoms with van der Waals surface area (Å²) in [7, 11) is 1.88. The number of methoxy groups -OCH3 is 1. The van der Waals surface area contributed by atoms with E-state index >= 15 is 0 Å². The van der Waals surface area contributed by atoms with E-state index in [1.807, 2.05) is 7.11 Å². The van der Waals surface area contributed by atoms with Crippen LogP contribution in [0.4, 0.5) is 0 Å². The largest absolute Gasteiger partial charge is 0.377 e. The molecule has 1 rings (SSSR count). The lowest BCUT2D eigenvalue weighted by Crippen LogP contribution is -2.45. The Hall–Kier alpha value is -0.0800. The van der Waals surface area contributed by atoms with Crippen LogP contribution in [0.1, 0.15) is 58.8 Å². The molecule has 0 aromatic carbocycles. The van der Waals surface area contributed by atoms with Crippen molar-refractivity contribution in [3.63, 3.8) is 0 Å². The normalized spacial score (nSPS) is 30.6. The predicted octanol–water partition coefficient (Wildman–Crippen LogP) is 3.36. The molecule has 0 aliphatic heterocycles. The van der Waals surface area contributed by atoms with Gasteiger partial charge in [0.15, 0.2) is 0 Å². The minimum Gasteiger partial charge on any atom is -0.377 e. The molecule has 0 bridgehead atoms. The molecule has 0 aromatic rings. The average Bonchev–Trinajstić information content (AvgIpc) is 2.32. The van der Waals surface area contributed by atoms with Crippen molar-refractivity contribution in [1.29, 1.82) is 0 Å². The molecule has 2 heteroatoms. The van der Waals surface area contributed by atoms with Crippen LogP contribution in [0.5, 0.6) is 0 Å². The highest BCUT2D eigenvalue weighted by atomic mass is 16.5. The molecule has 1 aliphatic rings. The van der Waals surface area contributed by atoms with Crippen LogP contribution in [0.2, 0.25) is 0 Å². The van der Waals surface area contributed by atoms with Gasteiger partial charge in [-0.1, -0.05) is 26.7 Å². The number of rotatable bonds is 7. The van der Waals surface area contributed by atoms with Gasteiger partial charge in [-0.25, -0.2) is 0 Å². The van der Waals surface area contributed by atoms with E-state index in [9.17, 15) is 0 Å². The van der Waals surface area contributed by atoms with E-state index in [-0.39, 0.29) is 5.60 Å². The first-order chi connectivity index (χ1) is 7.76. The Morgan fingerprint density at radius 2 is 1.88 bits per heavy atom. The summed E-state index contributed by atoms with van der Waals surface area (Å²) in [6, 6.07) is 0. The van der Waals surface area contributed by atoms with Crippen molar-refractivity contribution < 1.29 is 4.74 Å². The molecule has 0 unspecified atom stereocenters. The quantitative estimate of drug-likeness (QED) is 0.673. The maximum Gasteiger partial charge on any atom is 0.0802 e. The molecular weight excluding hydrogens is 198 g/mol. The van der Waals surface area contributed by atoms with Gasteiger partial charge in [0.25, 0.3) is 0 Å². The maximum atomic E-state index is 5.79. The standard InChI is InChI=1S/C14H29NO/c1-4-6-13-7-9-14(16-3,10-8-13)12-15-11-5-2/h13,15H,4-12H2,1-3H3. The van der Waals surface area contributed by atoms with Crippen LogP contribution in [0, 0.1) is 5.92 Å². The van der Waals surface area contributed by atoms with Crippen LogP contribution in [0.15, 0.2) is 0 Å². The average molecular weight is 227 g/mol. The molecule has 96 valence electrons. The molecule has 0 amide bonds. The van der Waals surface area contributed by atoms with Crippen molar-refractivity contribution in [2.45, 2.75) is 64.4 Å². The maximum absolute atomic E-state index is 5.79. The van der Waals surface area contributed by atoms with Crippen molar-refractivity contribution >= 4 is 0 Å². The third kappa shape index (κ3) is 4.06. The van der Waals surface area contributed by atoms with Crippen molar-refractivity contribution in [3.05, 3.63) is 0 Å². The number of hydrogen-bond acceptors (Lipinski definition) is 2. The van der Waals surface area contributed by atoms with Gasteiger partial charge in [0, 0.05) is 13.7 Å². The van der Waals surface area contributed by atoms with E-state index in [4.69, 9.17) is 4.74 Å². The first-order valence-corrected chi connectivity index (χ1v) is 7.02. The zero-order valence-electron chi connectivity index (χ0n) is 11.3. The summed E-state index contributed by atoms with van der Waals surface area (Å²) in [6.45, 7) is 6.66. The Kier molecular flexibility index (Phi) is 6.37. The molecule has 0 spiro atoms. The highest BCUT2D eigenvalue weighted by molar-refractivity contribution is 4.88. The molecule has 1 aliphatic carbocycles. The van der Waals surface area contributed by atoms with E-state index in [0.29, 0.717) is 0 Å². The lowest BCUT2D eigenvalue weighted by molar-refractivity contribution is -0.0479. The summed E-state index contributed by atoms with van der Waals surface area (Å²) in [4.78, 5) is 0. The fourth-order valence-corrected chi connectivity index (χ4v) is 2.85. The summed E-state index contributed by atoms with van der Waals surface area (Å²) in [5.41, 5.74) is 0.138. The van der Waals surface area contributed by atoms with Crippen molar-refractivity contribution in [2.24, 2.45) is 5.92 Å². The summed E-state index contributed by atoms with van der Waals surface area (Å²) in [6.07, 6.45) is 9.14. The van der Waals surface area contributed by atoms with Gasteiger partial charge in [0.05, 0.1) is 5.60 Å². The van der Waals surface area contributed by atoms with E-state index in [1.54, 1.807) is 0 Å². The van der Waals surface area contributed by atoms with Gasteiger partial charge in [-0.3, -0.25) is 0 Å². The molecule has 1 N–H and O–H groups in total. The molecule has 0 atom stereocenters. The van der Waals surface area contributed by atoms with E-state index < -0.39 is 0 Å². The Morgan fingerprint density at radius 1 is 1.19 bits per heavy atom. The Labute approximate surface area is 101 Å². The van der Waals surface area contributed by atoms with Gasteiger partial charge in [-0.15, -0.1) is 0 Å². The Morgan fingerprint density at radius 3 is 2.38 bits per heavy atom. The fraction of sp³-hybridized carbons (Fsp3) is 1.00. The van der Waals surface area contributed by atoms with Gasteiger partial charge in [-0.2, -0.15) is 0 Å². The molecule has 1 saturated carbocycles. The minimum atomic E-state index is 0.138. The summed E-state index contributed by atoms with van der Waals surface area (Å²) in [5, 5.41) is 3.52. The third-order valence-corrected chi connectivity index (χ3v) is 4.02. The summed E-state index contributed by atoms with van der Waals surface area (Å²) >= 11 is 0. The highest BCUT2D eigenvalue weighted by Crippen LogP contribution is 2.36. The molecule has 16 heavy (non-hydrogen) atoms. The Balaban J connectivity index is 2.32. The molecule has 1 fully saturated rings. The lowest BCUT2D eigenvalue weighted by Gasteiger charge is -2.39. The van der Waals surface area contributed by atoms with Crippen LogP contribution in [-0.4, -0.2) is 25.8 Å². The molecular formula is C14H29NO. The highest BCUT2D eigenvalue weighted by Gasteiger charge is 2.34. The fourth-order valence-electron chi connectivity index (χ4n) is 2.85. The summed E-state index contributed by atoms with van der Waals surface area (Å²) < 4.78 is 5.79. The molecule has 0 radical (unpaired) electrons. The van der Waals surface area contributed by atoms with Crippen molar-refractivity contribution in [1.82, 2.24) is 5.32 Å². The van der Waals surface area contributed by atoms with Gasteiger partial charge < -0.3 is 10.1 Å². The smallest absolute Gasteiger partial charge is 0.0802 e. The van der Waals surface area contributed by atoms with Gasteiger partial charge in [0.1, 0.15) is 0 Å². The lowest BCUT2D eigenvalue weighted by atomic mass is 9.77. The second kappa shape index (κ2) is 7.29. The first kappa shape index (κ1) is 14.0. The number of hydrogen-bond donors (Lipinski definition) is 1. The predicted molar refractivity (Wildman–Crippen MR) is 69.8 cm³/mol. The zero-order chi connectivity index (χ0) is 11.9. The van der Waals surface area contributed by atoms with E-state index in [0.717, 1.165) is 19.0 Å². The number of ether oxygens (including phenoxy) is 1. The van der Waals surface area contributed by atoms with Crippen LogP contribution >= 0.6 is 0 Å². The van der Waals surface area contributed by atoms with E-state index in [1.165, 1.54) is 44.9 Å². The van der Waals surface area contributed by atoms with E-state index in [2.05, 4.69) is 19.2 Å². The van der Waals surface area contributed by atoms with Crippen LogP contribution in [-0.2, 0) is 4.74 Å². The molecule has 0 saturated heterocycles. The monoisotopic (exact) mass is 227 g/mol. The van der Waals surface area contributed by atoms with Crippen molar-refractivity contribution in [2.75, 3.05) is 20.2 Å².